The molecule has 1 rings (SSSR count). The Morgan fingerprint density at radius 1 is 1.39 bits per heavy atom. The molecular formula is C14H26O4. The molecule has 106 valence electrons. The molecule has 0 aromatic heterocycles. The van der Waals surface area contributed by atoms with Crippen molar-refractivity contribution >= 4 is 5.97 Å². The summed E-state index contributed by atoms with van der Waals surface area (Å²) in [4.78, 5) is 11.5. The highest BCUT2D eigenvalue weighted by Gasteiger charge is 2.42. The van der Waals surface area contributed by atoms with Crippen LogP contribution in [0.5, 0.6) is 0 Å². The summed E-state index contributed by atoms with van der Waals surface area (Å²) >= 11 is 0. The molecule has 0 spiro atoms. The Morgan fingerprint density at radius 2 is 2.00 bits per heavy atom. The van der Waals surface area contributed by atoms with Gasteiger partial charge in [0.2, 0.25) is 0 Å². The van der Waals surface area contributed by atoms with Gasteiger partial charge in [0.15, 0.2) is 0 Å². The Hall–Kier alpha value is -0.610. The molecule has 1 aliphatic rings. The molecule has 0 saturated heterocycles. The van der Waals surface area contributed by atoms with Crippen LogP contribution in [0, 0.1) is 11.3 Å². The molecule has 4 nitrogen and oxygen atoms in total. The highest BCUT2D eigenvalue weighted by molar-refractivity contribution is 5.74. The Labute approximate surface area is 109 Å². The van der Waals surface area contributed by atoms with Gasteiger partial charge in [0.1, 0.15) is 0 Å². The van der Waals surface area contributed by atoms with E-state index in [1.165, 1.54) is 0 Å². The van der Waals surface area contributed by atoms with Crippen LogP contribution in [0.4, 0.5) is 0 Å². The van der Waals surface area contributed by atoms with Crippen LogP contribution in [-0.4, -0.2) is 35.5 Å². The summed E-state index contributed by atoms with van der Waals surface area (Å²) in [5, 5.41) is 19.4. The summed E-state index contributed by atoms with van der Waals surface area (Å²) in [6.07, 6.45) is 4.07. The molecular weight excluding hydrogens is 232 g/mol. The van der Waals surface area contributed by atoms with Crippen LogP contribution in [0.3, 0.4) is 0 Å². The fraction of sp³-hybridized carbons (Fsp3) is 0.929. The van der Waals surface area contributed by atoms with E-state index < -0.39 is 17.5 Å². The van der Waals surface area contributed by atoms with Crippen LogP contribution >= 0.6 is 0 Å². The van der Waals surface area contributed by atoms with Gasteiger partial charge in [-0.05, 0) is 44.9 Å². The van der Waals surface area contributed by atoms with E-state index in [2.05, 4.69) is 6.92 Å². The molecule has 1 saturated carbocycles. The molecule has 0 aromatic rings. The SMILES string of the molecule is CCOCC(O)CC1(C(=O)O)CCC(CC)CC1. The molecule has 1 fully saturated rings. The average Bonchev–Trinajstić information content (AvgIpc) is 2.37. The first kappa shape index (κ1) is 15.4. The highest BCUT2D eigenvalue weighted by Crippen LogP contribution is 2.43. The maximum absolute atomic E-state index is 11.5. The minimum absolute atomic E-state index is 0.239. The van der Waals surface area contributed by atoms with Gasteiger partial charge in [0, 0.05) is 6.61 Å². The minimum atomic E-state index is -0.757. The second-order valence-corrected chi connectivity index (χ2v) is 5.45. The van der Waals surface area contributed by atoms with Crippen molar-refractivity contribution in [1.29, 1.82) is 0 Å². The van der Waals surface area contributed by atoms with Gasteiger partial charge in [-0.2, -0.15) is 0 Å². The predicted molar refractivity (Wildman–Crippen MR) is 69.4 cm³/mol. The lowest BCUT2D eigenvalue weighted by Crippen LogP contribution is -2.39. The summed E-state index contributed by atoms with van der Waals surface area (Å²) in [6, 6.07) is 0. The van der Waals surface area contributed by atoms with E-state index >= 15 is 0 Å². The van der Waals surface area contributed by atoms with Crippen molar-refractivity contribution in [3.05, 3.63) is 0 Å². The van der Waals surface area contributed by atoms with Gasteiger partial charge in [0.05, 0.1) is 18.1 Å². The molecule has 0 aliphatic heterocycles. The number of rotatable bonds is 7. The first-order chi connectivity index (χ1) is 8.54. The lowest BCUT2D eigenvalue weighted by Gasteiger charge is -2.37. The van der Waals surface area contributed by atoms with Gasteiger partial charge in [-0.3, -0.25) is 4.79 Å². The van der Waals surface area contributed by atoms with E-state index in [-0.39, 0.29) is 6.61 Å². The van der Waals surface area contributed by atoms with Crippen LogP contribution < -0.4 is 0 Å². The van der Waals surface area contributed by atoms with E-state index in [0.717, 1.165) is 19.3 Å². The smallest absolute Gasteiger partial charge is 0.309 e. The number of carbonyl (C=O) groups is 1. The molecule has 0 amide bonds. The van der Waals surface area contributed by atoms with Gasteiger partial charge < -0.3 is 14.9 Å². The summed E-state index contributed by atoms with van der Waals surface area (Å²) in [5.74, 6) is -0.103. The maximum atomic E-state index is 11.5. The van der Waals surface area contributed by atoms with Gasteiger partial charge >= 0.3 is 5.97 Å². The summed E-state index contributed by atoms with van der Waals surface area (Å²) in [6.45, 7) is 4.81. The van der Waals surface area contributed by atoms with Crippen molar-refractivity contribution in [1.82, 2.24) is 0 Å². The average molecular weight is 258 g/mol. The second kappa shape index (κ2) is 7.10. The number of aliphatic hydroxyl groups excluding tert-OH is 1. The highest BCUT2D eigenvalue weighted by atomic mass is 16.5. The predicted octanol–water partition coefficient (Wildman–Crippen LogP) is 2.45. The van der Waals surface area contributed by atoms with Crippen molar-refractivity contribution in [2.24, 2.45) is 11.3 Å². The zero-order valence-electron chi connectivity index (χ0n) is 11.5. The molecule has 1 atom stereocenters. The number of aliphatic hydroxyl groups is 1. The van der Waals surface area contributed by atoms with Crippen molar-refractivity contribution in [3.63, 3.8) is 0 Å². The zero-order chi connectivity index (χ0) is 13.6. The maximum Gasteiger partial charge on any atom is 0.309 e. The quantitative estimate of drug-likeness (QED) is 0.736. The van der Waals surface area contributed by atoms with Crippen LogP contribution in [0.15, 0.2) is 0 Å². The number of carboxylic acid groups (broad SMARTS) is 1. The molecule has 1 unspecified atom stereocenters. The zero-order valence-corrected chi connectivity index (χ0v) is 11.5. The molecule has 0 bridgehead atoms. The lowest BCUT2D eigenvalue weighted by molar-refractivity contribution is -0.155. The van der Waals surface area contributed by atoms with E-state index in [4.69, 9.17) is 4.74 Å². The molecule has 1 aliphatic carbocycles. The van der Waals surface area contributed by atoms with Crippen molar-refractivity contribution < 1.29 is 19.7 Å². The first-order valence-corrected chi connectivity index (χ1v) is 7.03. The summed E-state index contributed by atoms with van der Waals surface area (Å²) in [5.41, 5.74) is -0.734. The van der Waals surface area contributed by atoms with Gasteiger partial charge in [-0.25, -0.2) is 0 Å². The minimum Gasteiger partial charge on any atom is -0.481 e. The Morgan fingerprint density at radius 3 is 2.44 bits per heavy atom. The largest absolute Gasteiger partial charge is 0.481 e. The Kier molecular flexibility index (Phi) is 6.09. The van der Waals surface area contributed by atoms with Crippen molar-refractivity contribution in [2.45, 2.75) is 58.5 Å². The lowest BCUT2D eigenvalue weighted by atomic mass is 9.67. The van der Waals surface area contributed by atoms with E-state index in [9.17, 15) is 15.0 Å². The number of ether oxygens (including phenoxy) is 1. The number of hydrogen-bond donors (Lipinski definition) is 2. The molecule has 0 heterocycles. The first-order valence-electron chi connectivity index (χ1n) is 7.03. The van der Waals surface area contributed by atoms with Crippen LogP contribution in [0.2, 0.25) is 0 Å². The standard InChI is InChI=1S/C14H26O4/c1-3-11-5-7-14(8-6-11,13(16)17)9-12(15)10-18-4-2/h11-12,15H,3-10H2,1-2H3,(H,16,17). The summed E-state index contributed by atoms with van der Waals surface area (Å²) in [7, 11) is 0. The van der Waals surface area contributed by atoms with Gasteiger partial charge in [-0.15, -0.1) is 0 Å². The van der Waals surface area contributed by atoms with Crippen molar-refractivity contribution in [2.75, 3.05) is 13.2 Å². The normalized spacial score (nSPS) is 30.1. The number of hydrogen-bond acceptors (Lipinski definition) is 3. The monoisotopic (exact) mass is 258 g/mol. The van der Waals surface area contributed by atoms with Gasteiger partial charge in [0.25, 0.3) is 0 Å². The molecule has 0 aromatic carbocycles. The van der Waals surface area contributed by atoms with Gasteiger partial charge in [-0.1, -0.05) is 13.3 Å². The van der Waals surface area contributed by atoms with E-state index in [1.807, 2.05) is 6.92 Å². The number of aliphatic carboxylic acids is 1. The van der Waals surface area contributed by atoms with E-state index in [1.54, 1.807) is 0 Å². The molecule has 2 N–H and O–H groups in total. The Balaban J connectivity index is 2.57. The third-order valence-corrected chi connectivity index (χ3v) is 4.23. The summed E-state index contributed by atoms with van der Waals surface area (Å²) < 4.78 is 5.16. The third-order valence-electron chi connectivity index (χ3n) is 4.23. The van der Waals surface area contributed by atoms with Crippen LogP contribution in [0.1, 0.15) is 52.4 Å². The number of carboxylic acids is 1. The Bertz CT molecular complexity index is 257. The topological polar surface area (TPSA) is 66.8 Å². The fourth-order valence-electron chi connectivity index (χ4n) is 2.91. The van der Waals surface area contributed by atoms with Crippen LogP contribution in [-0.2, 0) is 9.53 Å². The van der Waals surface area contributed by atoms with E-state index in [0.29, 0.717) is 31.8 Å². The molecule has 4 heteroatoms. The van der Waals surface area contributed by atoms with Crippen molar-refractivity contribution in [3.8, 4) is 0 Å². The molecule has 0 radical (unpaired) electrons. The fourth-order valence-corrected chi connectivity index (χ4v) is 2.91. The second-order valence-electron chi connectivity index (χ2n) is 5.45. The third kappa shape index (κ3) is 3.95. The van der Waals surface area contributed by atoms with Crippen LogP contribution in [0.25, 0.3) is 0 Å². The molecule has 18 heavy (non-hydrogen) atoms.